The number of thiophene rings is 1. The summed E-state index contributed by atoms with van der Waals surface area (Å²) in [5.41, 5.74) is 1.68. The van der Waals surface area contributed by atoms with Gasteiger partial charge in [0.15, 0.2) is 0 Å². The predicted molar refractivity (Wildman–Crippen MR) is 129 cm³/mol. The summed E-state index contributed by atoms with van der Waals surface area (Å²) >= 11 is 1.44. The lowest BCUT2D eigenvalue weighted by Crippen LogP contribution is -2.10. The number of aryl methyl sites for hydroxylation is 1. The van der Waals surface area contributed by atoms with Gasteiger partial charge in [-0.1, -0.05) is 54.6 Å². The fourth-order valence-electron chi connectivity index (χ4n) is 3.44. The van der Waals surface area contributed by atoms with Crippen LogP contribution >= 0.6 is 11.3 Å². The lowest BCUT2D eigenvalue weighted by molar-refractivity contribution is -0.140. The Morgan fingerprint density at radius 1 is 0.818 bits per heavy atom. The maximum absolute atomic E-state index is 13.1. The second-order valence-corrected chi connectivity index (χ2v) is 8.42. The molecule has 0 aliphatic heterocycles. The Morgan fingerprint density at radius 3 is 2.27 bits per heavy atom. The summed E-state index contributed by atoms with van der Waals surface area (Å²) in [6.45, 7) is 0.643. The molecule has 0 amide bonds. The van der Waals surface area contributed by atoms with Crippen molar-refractivity contribution in [1.82, 2.24) is 0 Å². The van der Waals surface area contributed by atoms with Crippen molar-refractivity contribution in [2.45, 2.75) is 12.8 Å². The number of rotatable bonds is 10. The van der Waals surface area contributed by atoms with Crippen molar-refractivity contribution in [1.29, 1.82) is 0 Å². The number of hydrogen-bond donors (Lipinski definition) is 0. The van der Waals surface area contributed by atoms with Crippen molar-refractivity contribution in [3.63, 3.8) is 0 Å². The number of ether oxygens (including phenoxy) is 3. The fourth-order valence-corrected chi connectivity index (χ4v) is 4.55. The SMILES string of the molecule is COC(=O)CCc1ccc(OCCOc2c(C(=O)c3ccccc3)sc3ccccc23)cc1. The van der Waals surface area contributed by atoms with Crippen LogP contribution < -0.4 is 9.47 Å². The maximum atomic E-state index is 13.1. The molecule has 0 unspecified atom stereocenters. The van der Waals surface area contributed by atoms with Crippen molar-refractivity contribution < 1.29 is 23.8 Å². The average Bonchev–Trinajstić information content (AvgIpc) is 3.24. The Bertz CT molecular complexity index is 1230. The van der Waals surface area contributed by atoms with Gasteiger partial charge in [0.05, 0.1) is 7.11 Å². The van der Waals surface area contributed by atoms with E-state index in [-0.39, 0.29) is 11.8 Å². The van der Waals surface area contributed by atoms with Gasteiger partial charge < -0.3 is 14.2 Å². The maximum Gasteiger partial charge on any atom is 0.305 e. The van der Waals surface area contributed by atoms with E-state index in [0.29, 0.717) is 42.2 Å². The third-order valence-corrected chi connectivity index (χ3v) is 6.31. The topological polar surface area (TPSA) is 61.8 Å². The minimum Gasteiger partial charge on any atom is -0.490 e. The first kappa shape index (κ1) is 22.6. The monoisotopic (exact) mass is 460 g/mol. The van der Waals surface area contributed by atoms with Gasteiger partial charge in [-0.25, -0.2) is 0 Å². The molecule has 0 spiro atoms. The summed E-state index contributed by atoms with van der Waals surface area (Å²) in [6, 6.07) is 24.7. The van der Waals surface area contributed by atoms with E-state index in [9.17, 15) is 9.59 Å². The standard InChI is InChI=1S/C27H24O5S/c1-30-24(28)16-13-19-11-14-21(15-12-19)31-17-18-32-26-22-9-5-6-10-23(22)33-27(26)25(29)20-7-3-2-4-8-20/h2-12,14-15H,13,16-18H2,1H3. The molecule has 0 saturated heterocycles. The van der Waals surface area contributed by atoms with Crippen LogP contribution in [0.5, 0.6) is 11.5 Å². The third-order valence-electron chi connectivity index (χ3n) is 5.16. The van der Waals surface area contributed by atoms with Gasteiger partial charge in [-0.15, -0.1) is 11.3 Å². The van der Waals surface area contributed by atoms with Crippen molar-refractivity contribution in [2.75, 3.05) is 20.3 Å². The molecule has 0 N–H and O–H groups in total. The Kier molecular flexibility index (Phi) is 7.37. The molecule has 1 heterocycles. The molecule has 0 radical (unpaired) electrons. The molecule has 4 rings (SSSR count). The number of methoxy groups -OCH3 is 1. The molecule has 3 aromatic carbocycles. The first-order valence-corrected chi connectivity index (χ1v) is 11.5. The highest BCUT2D eigenvalue weighted by molar-refractivity contribution is 7.21. The van der Waals surface area contributed by atoms with Crippen LogP contribution in [-0.4, -0.2) is 32.1 Å². The van der Waals surface area contributed by atoms with E-state index in [2.05, 4.69) is 4.74 Å². The zero-order chi connectivity index (χ0) is 23.0. The quantitative estimate of drug-likeness (QED) is 0.173. The van der Waals surface area contributed by atoms with Crippen LogP contribution in [0.2, 0.25) is 0 Å². The first-order chi connectivity index (χ1) is 16.2. The van der Waals surface area contributed by atoms with Gasteiger partial charge in [0.25, 0.3) is 0 Å². The highest BCUT2D eigenvalue weighted by atomic mass is 32.1. The Labute approximate surface area is 196 Å². The molecule has 168 valence electrons. The minimum absolute atomic E-state index is 0.0461. The number of carbonyl (C=O) groups is 2. The molecule has 4 aromatic rings. The summed E-state index contributed by atoms with van der Waals surface area (Å²) < 4.78 is 17.6. The molecule has 5 nitrogen and oxygen atoms in total. The largest absolute Gasteiger partial charge is 0.490 e. The second-order valence-electron chi connectivity index (χ2n) is 7.37. The predicted octanol–water partition coefficient (Wildman–Crippen LogP) is 5.70. The lowest BCUT2D eigenvalue weighted by Gasteiger charge is -2.10. The molecule has 6 heteroatoms. The molecule has 0 atom stereocenters. The first-order valence-electron chi connectivity index (χ1n) is 10.7. The summed E-state index contributed by atoms with van der Waals surface area (Å²) in [5.74, 6) is 1.05. The van der Waals surface area contributed by atoms with E-state index in [4.69, 9.17) is 9.47 Å². The molecular weight excluding hydrogens is 436 g/mol. The highest BCUT2D eigenvalue weighted by Crippen LogP contribution is 2.39. The van der Waals surface area contributed by atoms with Crippen molar-refractivity contribution >= 4 is 33.2 Å². The average molecular weight is 461 g/mol. The third kappa shape index (κ3) is 5.59. The van der Waals surface area contributed by atoms with Gasteiger partial charge in [0, 0.05) is 22.1 Å². The summed E-state index contributed by atoms with van der Waals surface area (Å²) in [5, 5.41) is 0.928. The lowest BCUT2D eigenvalue weighted by atomic mass is 10.1. The molecule has 0 bridgehead atoms. The Balaban J connectivity index is 1.39. The van der Waals surface area contributed by atoms with Crippen LogP contribution in [0.25, 0.3) is 10.1 Å². The van der Waals surface area contributed by atoms with Crippen LogP contribution in [0, 0.1) is 0 Å². The summed E-state index contributed by atoms with van der Waals surface area (Å²) in [7, 11) is 1.39. The minimum atomic E-state index is -0.224. The molecule has 0 fully saturated rings. The van der Waals surface area contributed by atoms with E-state index in [0.717, 1.165) is 21.4 Å². The van der Waals surface area contributed by atoms with Crippen LogP contribution in [0.3, 0.4) is 0 Å². The second kappa shape index (κ2) is 10.8. The number of hydrogen-bond acceptors (Lipinski definition) is 6. The normalized spacial score (nSPS) is 10.7. The molecule has 0 saturated carbocycles. The van der Waals surface area contributed by atoms with Crippen molar-refractivity contribution in [3.8, 4) is 11.5 Å². The molecule has 33 heavy (non-hydrogen) atoms. The van der Waals surface area contributed by atoms with E-state index in [1.807, 2.05) is 78.9 Å². The van der Waals surface area contributed by atoms with Crippen LogP contribution in [0.1, 0.15) is 27.2 Å². The zero-order valence-electron chi connectivity index (χ0n) is 18.3. The van der Waals surface area contributed by atoms with Crippen molar-refractivity contribution in [2.24, 2.45) is 0 Å². The van der Waals surface area contributed by atoms with E-state index >= 15 is 0 Å². The fraction of sp³-hybridized carbons (Fsp3) is 0.185. The Morgan fingerprint density at radius 2 is 1.52 bits per heavy atom. The highest BCUT2D eigenvalue weighted by Gasteiger charge is 2.21. The van der Waals surface area contributed by atoms with Gasteiger partial charge in [0.1, 0.15) is 29.6 Å². The van der Waals surface area contributed by atoms with Gasteiger partial charge in [-0.05, 0) is 36.2 Å². The van der Waals surface area contributed by atoms with Gasteiger partial charge in [-0.2, -0.15) is 0 Å². The van der Waals surface area contributed by atoms with Crippen LogP contribution in [0.4, 0.5) is 0 Å². The Hall–Kier alpha value is -3.64. The van der Waals surface area contributed by atoms with E-state index in [1.165, 1.54) is 18.4 Å². The van der Waals surface area contributed by atoms with E-state index < -0.39 is 0 Å². The van der Waals surface area contributed by atoms with Gasteiger partial charge in [0.2, 0.25) is 5.78 Å². The number of fused-ring (bicyclic) bond motifs is 1. The zero-order valence-corrected chi connectivity index (χ0v) is 19.1. The van der Waals surface area contributed by atoms with Gasteiger partial charge >= 0.3 is 5.97 Å². The molecule has 0 aliphatic carbocycles. The van der Waals surface area contributed by atoms with Gasteiger partial charge in [-0.3, -0.25) is 9.59 Å². The molecule has 0 aliphatic rings. The smallest absolute Gasteiger partial charge is 0.305 e. The molecule has 1 aromatic heterocycles. The summed E-state index contributed by atoms with van der Waals surface area (Å²) in [6.07, 6.45) is 0.975. The van der Waals surface area contributed by atoms with Crippen molar-refractivity contribution in [3.05, 3.63) is 94.9 Å². The van der Waals surface area contributed by atoms with Crippen LogP contribution in [-0.2, 0) is 16.0 Å². The molecular formula is C27H24O5S. The number of carbonyl (C=O) groups excluding carboxylic acids is 2. The number of esters is 1. The summed E-state index contributed by atoms with van der Waals surface area (Å²) in [4.78, 5) is 25.0. The number of benzene rings is 3. The van der Waals surface area contributed by atoms with E-state index in [1.54, 1.807) is 0 Å². The van der Waals surface area contributed by atoms with Crippen LogP contribution in [0.15, 0.2) is 78.9 Å². The number of ketones is 1.